The zero-order valence-electron chi connectivity index (χ0n) is 7.53. The minimum absolute atomic E-state index is 0.416. The van der Waals surface area contributed by atoms with Crippen LogP contribution < -0.4 is 0 Å². The van der Waals surface area contributed by atoms with Crippen LogP contribution in [0.2, 0.25) is 0 Å². The average molecular weight is 180 g/mol. The molecule has 0 atom stereocenters. The molecule has 1 heterocycles. The minimum atomic E-state index is -0.546. The summed E-state index contributed by atoms with van der Waals surface area (Å²) in [4.78, 5) is 9.80. The van der Waals surface area contributed by atoms with Crippen LogP contribution in [-0.2, 0) is 9.47 Å². The largest absolute Gasteiger partial charge is 0.508 e. The molecule has 0 saturated carbocycles. The number of cyclic esters (lactones) is 2. The van der Waals surface area contributed by atoms with Crippen LogP contribution >= 0.6 is 0 Å². The molecule has 1 aromatic rings. The summed E-state index contributed by atoms with van der Waals surface area (Å²) in [6, 6.07) is 10.3. The zero-order valence-corrected chi connectivity index (χ0v) is 7.53. The summed E-state index contributed by atoms with van der Waals surface area (Å²) in [7, 11) is 0. The van der Waals surface area contributed by atoms with E-state index in [0.717, 1.165) is 0 Å². The summed E-state index contributed by atoms with van der Waals surface area (Å²) < 4.78 is 8.58. The van der Waals surface area contributed by atoms with Gasteiger partial charge in [-0.15, -0.1) is 0 Å². The molecule has 13 heavy (non-hydrogen) atoms. The van der Waals surface area contributed by atoms with Crippen LogP contribution in [0.3, 0.4) is 0 Å². The molecule has 0 unspecified atom stereocenters. The Morgan fingerprint density at radius 1 is 1.08 bits per heavy atom. The molecule has 0 bridgehead atoms. The van der Waals surface area contributed by atoms with E-state index < -0.39 is 6.16 Å². The van der Waals surface area contributed by atoms with Gasteiger partial charge in [0.2, 0.25) is 0 Å². The van der Waals surface area contributed by atoms with Gasteiger partial charge in [-0.3, -0.25) is 0 Å². The van der Waals surface area contributed by atoms with E-state index in [0.29, 0.717) is 13.2 Å². The van der Waals surface area contributed by atoms with Crippen LogP contribution in [-0.4, -0.2) is 19.4 Å². The highest BCUT2D eigenvalue weighted by Crippen LogP contribution is 1.92. The quantitative estimate of drug-likeness (QED) is 0.574. The van der Waals surface area contributed by atoms with Gasteiger partial charge < -0.3 is 9.47 Å². The summed E-state index contributed by atoms with van der Waals surface area (Å²) in [5.74, 6) is 0. The third-order valence-electron chi connectivity index (χ3n) is 1.46. The fourth-order valence-corrected chi connectivity index (χ4v) is 0.826. The Hall–Kier alpha value is -1.51. The Bertz CT molecular complexity index is 248. The second-order valence-electron chi connectivity index (χ2n) is 2.60. The van der Waals surface area contributed by atoms with Gasteiger partial charge in [-0.1, -0.05) is 35.9 Å². The SMILES string of the molecule is Cc1ccccc1.O=C1OCCO1. The highest BCUT2D eigenvalue weighted by Gasteiger charge is 2.09. The minimum Gasteiger partial charge on any atom is -0.431 e. The molecular weight excluding hydrogens is 168 g/mol. The van der Waals surface area contributed by atoms with E-state index in [9.17, 15) is 4.79 Å². The van der Waals surface area contributed by atoms with Crippen molar-refractivity contribution in [3.05, 3.63) is 35.9 Å². The van der Waals surface area contributed by atoms with E-state index in [-0.39, 0.29) is 0 Å². The van der Waals surface area contributed by atoms with Crippen molar-refractivity contribution < 1.29 is 14.3 Å². The molecule has 0 N–H and O–H groups in total. The lowest BCUT2D eigenvalue weighted by Crippen LogP contribution is -1.88. The first-order valence-electron chi connectivity index (χ1n) is 4.10. The molecule has 1 aliphatic heterocycles. The van der Waals surface area contributed by atoms with E-state index in [1.54, 1.807) is 0 Å². The molecule has 0 aromatic heterocycles. The van der Waals surface area contributed by atoms with Gasteiger partial charge >= 0.3 is 6.16 Å². The molecule has 3 heteroatoms. The van der Waals surface area contributed by atoms with Gasteiger partial charge in [-0.25, -0.2) is 4.79 Å². The highest BCUT2D eigenvalue weighted by molar-refractivity contribution is 5.61. The summed E-state index contributed by atoms with van der Waals surface area (Å²) in [5, 5.41) is 0. The molecule has 1 aromatic carbocycles. The maximum atomic E-state index is 9.80. The second kappa shape index (κ2) is 5.19. The Kier molecular flexibility index (Phi) is 3.82. The third-order valence-corrected chi connectivity index (χ3v) is 1.46. The summed E-state index contributed by atoms with van der Waals surface area (Å²) >= 11 is 0. The fourth-order valence-electron chi connectivity index (χ4n) is 0.826. The summed E-state index contributed by atoms with van der Waals surface area (Å²) in [5.41, 5.74) is 1.32. The molecule has 0 spiro atoms. The molecule has 3 nitrogen and oxygen atoms in total. The van der Waals surface area contributed by atoms with Crippen LogP contribution in [0.5, 0.6) is 0 Å². The first kappa shape index (κ1) is 9.58. The molecule has 70 valence electrons. The molecule has 0 radical (unpaired) electrons. The summed E-state index contributed by atoms with van der Waals surface area (Å²) in [6.45, 7) is 2.91. The zero-order chi connectivity index (χ0) is 9.52. The van der Waals surface area contributed by atoms with E-state index in [1.807, 2.05) is 18.2 Å². The number of hydrogen-bond donors (Lipinski definition) is 0. The number of carbonyl (C=O) groups is 1. The van der Waals surface area contributed by atoms with Crippen LogP contribution in [0.15, 0.2) is 30.3 Å². The standard InChI is InChI=1S/C7H8.C3H4O3/c1-7-5-3-2-4-6-7;4-3-5-1-2-6-3/h2-6H,1H3;1-2H2. The van der Waals surface area contributed by atoms with Crippen molar-refractivity contribution >= 4 is 6.16 Å². The van der Waals surface area contributed by atoms with E-state index >= 15 is 0 Å². The highest BCUT2D eigenvalue weighted by atomic mass is 16.8. The van der Waals surface area contributed by atoms with Gasteiger partial charge in [-0.05, 0) is 6.92 Å². The van der Waals surface area contributed by atoms with Crippen molar-refractivity contribution in [2.45, 2.75) is 6.92 Å². The Balaban J connectivity index is 0.000000132. The van der Waals surface area contributed by atoms with Gasteiger partial charge in [0, 0.05) is 0 Å². The maximum absolute atomic E-state index is 9.80. The van der Waals surface area contributed by atoms with E-state index in [1.165, 1.54) is 5.56 Å². The molecule has 1 saturated heterocycles. The first-order chi connectivity index (χ1) is 6.29. The topological polar surface area (TPSA) is 35.5 Å². The van der Waals surface area contributed by atoms with Crippen LogP contribution in [0.25, 0.3) is 0 Å². The first-order valence-corrected chi connectivity index (χ1v) is 4.10. The lowest BCUT2D eigenvalue weighted by Gasteiger charge is -1.82. The van der Waals surface area contributed by atoms with Gasteiger partial charge in [0.05, 0.1) is 0 Å². The molecule has 1 aliphatic rings. The number of benzene rings is 1. The third kappa shape index (κ3) is 4.15. The Morgan fingerprint density at radius 2 is 1.62 bits per heavy atom. The lowest BCUT2D eigenvalue weighted by atomic mass is 10.2. The fraction of sp³-hybridized carbons (Fsp3) is 0.300. The van der Waals surface area contributed by atoms with Crippen molar-refractivity contribution in [3.63, 3.8) is 0 Å². The number of hydrogen-bond acceptors (Lipinski definition) is 3. The van der Waals surface area contributed by atoms with Gasteiger partial charge in [-0.2, -0.15) is 0 Å². The number of carbonyl (C=O) groups excluding carboxylic acids is 1. The monoisotopic (exact) mass is 180 g/mol. The van der Waals surface area contributed by atoms with Gasteiger partial charge in [0.1, 0.15) is 13.2 Å². The van der Waals surface area contributed by atoms with E-state index in [4.69, 9.17) is 0 Å². The molecule has 0 aliphatic carbocycles. The predicted octanol–water partition coefficient (Wildman–Crippen LogP) is 2.15. The van der Waals surface area contributed by atoms with Gasteiger partial charge in [0.25, 0.3) is 0 Å². The van der Waals surface area contributed by atoms with Crippen LogP contribution in [0, 0.1) is 6.92 Å². The lowest BCUT2D eigenvalue weighted by molar-refractivity contribution is 0.131. The van der Waals surface area contributed by atoms with Crippen molar-refractivity contribution in [1.82, 2.24) is 0 Å². The molecule has 1 fully saturated rings. The molecule has 0 amide bonds. The molecule has 2 rings (SSSR count). The number of aryl methyl sites for hydroxylation is 1. The predicted molar refractivity (Wildman–Crippen MR) is 48.5 cm³/mol. The van der Waals surface area contributed by atoms with E-state index in [2.05, 4.69) is 28.5 Å². The van der Waals surface area contributed by atoms with Crippen molar-refractivity contribution in [2.24, 2.45) is 0 Å². The van der Waals surface area contributed by atoms with Crippen LogP contribution in [0.1, 0.15) is 5.56 Å². The smallest absolute Gasteiger partial charge is 0.431 e. The van der Waals surface area contributed by atoms with Crippen LogP contribution in [0.4, 0.5) is 4.79 Å². The van der Waals surface area contributed by atoms with Crippen molar-refractivity contribution in [1.29, 1.82) is 0 Å². The Morgan fingerprint density at radius 3 is 1.85 bits per heavy atom. The maximum Gasteiger partial charge on any atom is 0.508 e. The number of rotatable bonds is 0. The summed E-state index contributed by atoms with van der Waals surface area (Å²) in [6.07, 6.45) is -0.546. The van der Waals surface area contributed by atoms with Crippen molar-refractivity contribution in [3.8, 4) is 0 Å². The Labute approximate surface area is 77.3 Å². The normalized spacial score (nSPS) is 13.8. The van der Waals surface area contributed by atoms with Gasteiger partial charge in [0.15, 0.2) is 0 Å². The second-order valence-corrected chi connectivity index (χ2v) is 2.60. The number of ether oxygens (including phenoxy) is 2. The van der Waals surface area contributed by atoms with Crippen molar-refractivity contribution in [2.75, 3.05) is 13.2 Å². The average Bonchev–Trinajstić information content (AvgIpc) is 2.58. The molecular formula is C10H12O3.